The van der Waals surface area contributed by atoms with Crippen molar-refractivity contribution in [2.75, 3.05) is 0 Å². The number of carbonyl (C=O) groups excluding carboxylic acids is 1. The summed E-state index contributed by atoms with van der Waals surface area (Å²) in [5.74, 6) is -2.56. The fourth-order valence-electron chi connectivity index (χ4n) is 4.69. The van der Waals surface area contributed by atoms with Gasteiger partial charge in [-0.3, -0.25) is 4.79 Å². The molecule has 0 radical (unpaired) electrons. The molecule has 2 aromatic carbocycles. The molecule has 1 aliphatic carbocycles. The van der Waals surface area contributed by atoms with E-state index in [9.17, 15) is 18.7 Å². The number of aromatic nitrogens is 3. The molecule has 4 aromatic rings. The number of fused-ring (bicyclic) bond motifs is 1. The molecule has 5 rings (SSSR count). The van der Waals surface area contributed by atoms with E-state index in [1.807, 2.05) is 42.0 Å². The van der Waals surface area contributed by atoms with Gasteiger partial charge in [-0.1, -0.05) is 25.0 Å². The number of rotatable bonds is 5. The normalized spacial score (nSPS) is 18.4. The predicted octanol–water partition coefficient (Wildman–Crippen LogP) is 4.50. The van der Waals surface area contributed by atoms with Crippen LogP contribution in [0.1, 0.15) is 47.3 Å². The van der Waals surface area contributed by atoms with Crippen LogP contribution in [0.4, 0.5) is 8.78 Å². The topological polar surface area (TPSA) is 72.1 Å². The molecule has 2 N–H and O–H groups in total. The number of nitrogens with zero attached hydrogens (tertiary/aromatic N) is 3. The molecule has 6 nitrogen and oxygen atoms in total. The highest BCUT2D eigenvalue weighted by Gasteiger charge is 2.27. The first-order valence-corrected chi connectivity index (χ1v) is 11.5. The summed E-state index contributed by atoms with van der Waals surface area (Å²) in [6, 6.07) is 9.99. The fraction of sp³-hybridized carbons (Fsp3) is 0.308. The minimum Gasteiger partial charge on any atom is -0.391 e. The molecule has 0 bridgehead atoms. The molecule has 2 aromatic heterocycles. The Kier molecular flexibility index (Phi) is 5.91. The number of aliphatic hydroxyl groups excluding tert-OH is 1. The molecule has 8 heteroatoms. The number of hydrogen-bond donors (Lipinski definition) is 2. The minimum absolute atomic E-state index is 0.0479. The summed E-state index contributed by atoms with van der Waals surface area (Å²) in [4.78, 5) is 17.3. The number of hydrogen-bond acceptors (Lipinski definition) is 3. The number of amides is 1. The predicted molar refractivity (Wildman–Crippen MR) is 125 cm³/mol. The highest BCUT2D eigenvalue weighted by molar-refractivity contribution is 6.07. The molecule has 0 unspecified atom stereocenters. The molecule has 2 heterocycles. The Morgan fingerprint density at radius 1 is 1.12 bits per heavy atom. The van der Waals surface area contributed by atoms with Crippen molar-refractivity contribution in [3.05, 3.63) is 83.6 Å². The van der Waals surface area contributed by atoms with Crippen molar-refractivity contribution in [2.45, 2.75) is 51.3 Å². The van der Waals surface area contributed by atoms with E-state index in [-0.39, 0.29) is 10.9 Å². The Morgan fingerprint density at radius 2 is 1.88 bits per heavy atom. The zero-order valence-corrected chi connectivity index (χ0v) is 18.8. The number of halogens is 2. The second-order valence-electron chi connectivity index (χ2n) is 8.95. The molecule has 0 saturated heterocycles. The molecule has 34 heavy (non-hydrogen) atoms. The highest BCUT2D eigenvalue weighted by atomic mass is 19.2. The summed E-state index contributed by atoms with van der Waals surface area (Å²) in [7, 11) is 0. The van der Waals surface area contributed by atoms with Crippen molar-refractivity contribution >= 4 is 16.8 Å². The van der Waals surface area contributed by atoms with Crippen LogP contribution in [0.3, 0.4) is 0 Å². The van der Waals surface area contributed by atoms with Crippen molar-refractivity contribution in [3.8, 4) is 5.69 Å². The van der Waals surface area contributed by atoms with E-state index in [4.69, 9.17) is 0 Å². The maximum Gasteiger partial charge on any atom is 0.253 e. The molecule has 1 saturated carbocycles. The van der Waals surface area contributed by atoms with Crippen molar-refractivity contribution in [1.82, 2.24) is 19.4 Å². The monoisotopic (exact) mass is 464 g/mol. The van der Waals surface area contributed by atoms with E-state index in [1.165, 1.54) is 6.07 Å². The summed E-state index contributed by atoms with van der Waals surface area (Å²) in [6.45, 7) is 2.30. The number of benzene rings is 2. The quantitative estimate of drug-likeness (QED) is 0.457. The highest BCUT2D eigenvalue weighted by Crippen LogP contribution is 2.28. The summed E-state index contributed by atoms with van der Waals surface area (Å²) in [6.07, 6.45) is 7.69. The second kappa shape index (κ2) is 9.02. The van der Waals surface area contributed by atoms with Crippen LogP contribution in [0.25, 0.3) is 16.6 Å². The maximum atomic E-state index is 14.8. The third-order valence-electron chi connectivity index (χ3n) is 6.53. The minimum atomic E-state index is -1.04. The van der Waals surface area contributed by atoms with E-state index in [1.54, 1.807) is 17.1 Å². The van der Waals surface area contributed by atoms with Gasteiger partial charge < -0.3 is 19.6 Å². The zero-order valence-electron chi connectivity index (χ0n) is 18.8. The molecule has 0 aliphatic heterocycles. The van der Waals surface area contributed by atoms with Gasteiger partial charge in [-0.2, -0.15) is 0 Å². The van der Waals surface area contributed by atoms with Gasteiger partial charge in [0.1, 0.15) is 0 Å². The molecule has 176 valence electrons. The maximum absolute atomic E-state index is 14.8. The third kappa shape index (κ3) is 4.21. The van der Waals surface area contributed by atoms with Gasteiger partial charge in [0.05, 0.1) is 40.6 Å². The number of nitrogens with one attached hydrogen (secondary N) is 1. The van der Waals surface area contributed by atoms with Gasteiger partial charge in [0.15, 0.2) is 11.6 Å². The van der Waals surface area contributed by atoms with Gasteiger partial charge >= 0.3 is 0 Å². The molecule has 2 atom stereocenters. The largest absolute Gasteiger partial charge is 0.391 e. The number of carbonyl (C=O) groups is 1. The standard InChI is InChI=1S/C26H26F2N4O2/c1-16-12-32(15-29-16)18-8-6-17(7-9-18)13-31-14-19(24-22(31)11-10-20(27)25(24)28)26(34)30-21-4-2-3-5-23(21)33/h6-12,14-15,21,23,33H,2-5,13H2,1H3,(H,30,34)/t21-,23-/m0/s1. The summed E-state index contributed by atoms with van der Waals surface area (Å²) in [5.41, 5.74) is 3.32. The van der Waals surface area contributed by atoms with Crippen LogP contribution >= 0.6 is 0 Å². The molecular formula is C26H26F2N4O2. The lowest BCUT2D eigenvalue weighted by atomic mass is 9.92. The Bertz CT molecular complexity index is 1340. The van der Waals surface area contributed by atoms with Crippen molar-refractivity contribution in [3.63, 3.8) is 0 Å². The lowest BCUT2D eigenvalue weighted by Crippen LogP contribution is -2.45. The van der Waals surface area contributed by atoms with E-state index >= 15 is 0 Å². The summed E-state index contributed by atoms with van der Waals surface area (Å²) < 4.78 is 32.6. The number of aliphatic hydroxyl groups is 1. The van der Waals surface area contributed by atoms with Crippen LogP contribution in [0.15, 0.2) is 55.1 Å². The molecule has 0 spiro atoms. The summed E-state index contributed by atoms with van der Waals surface area (Å²) in [5, 5.41) is 13.0. The average molecular weight is 465 g/mol. The molecule has 1 aliphatic rings. The Hall–Kier alpha value is -3.52. The van der Waals surface area contributed by atoms with Gasteiger partial charge in [0, 0.05) is 24.6 Å². The van der Waals surface area contributed by atoms with Crippen LogP contribution in [0, 0.1) is 18.6 Å². The van der Waals surface area contributed by atoms with Crippen molar-refractivity contribution in [1.29, 1.82) is 0 Å². The van der Waals surface area contributed by atoms with E-state index in [2.05, 4.69) is 10.3 Å². The van der Waals surface area contributed by atoms with Crippen LogP contribution in [0.2, 0.25) is 0 Å². The zero-order chi connectivity index (χ0) is 23.8. The Labute approximate surface area is 195 Å². The van der Waals surface area contributed by atoms with Crippen LogP contribution in [-0.4, -0.2) is 37.3 Å². The van der Waals surface area contributed by atoms with E-state index < -0.39 is 29.7 Å². The second-order valence-corrected chi connectivity index (χ2v) is 8.95. The first-order valence-electron chi connectivity index (χ1n) is 11.5. The SMILES string of the molecule is Cc1cn(-c2ccc(Cn3cc(C(=O)N[C@H]4CCCC[C@@H]4O)c4c(F)c(F)ccc43)cc2)cn1. The van der Waals surface area contributed by atoms with Gasteiger partial charge in [-0.15, -0.1) is 0 Å². The average Bonchev–Trinajstić information content (AvgIpc) is 3.42. The van der Waals surface area contributed by atoms with Crippen molar-refractivity contribution in [2.24, 2.45) is 0 Å². The first-order chi connectivity index (χ1) is 16.4. The van der Waals surface area contributed by atoms with Crippen LogP contribution in [-0.2, 0) is 6.54 Å². The fourth-order valence-corrected chi connectivity index (χ4v) is 4.69. The van der Waals surface area contributed by atoms with Crippen molar-refractivity contribution < 1.29 is 18.7 Å². The summed E-state index contributed by atoms with van der Waals surface area (Å²) >= 11 is 0. The Morgan fingerprint density at radius 3 is 2.59 bits per heavy atom. The molecule has 1 amide bonds. The smallest absolute Gasteiger partial charge is 0.253 e. The number of imidazole rings is 1. The lowest BCUT2D eigenvalue weighted by molar-refractivity contribution is 0.0718. The van der Waals surface area contributed by atoms with Gasteiger partial charge in [-0.05, 0) is 49.6 Å². The van der Waals surface area contributed by atoms with Crippen LogP contribution in [0.5, 0.6) is 0 Å². The Balaban J connectivity index is 1.46. The first kappa shape index (κ1) is 22.3. The van der Waals surface area contributed by atoms with Crippen LogP contribution < -0.4 is 5.32 Å². The van der Waals surface area contributed by atoms with Gasteiger partial charge in [-0.25, -0.2) is 13.8 Å². The van der Waals surface area contributed by atoms with E-state index in [0.717, 1.165) is 35.9 Å². The number of aryl methyl sites for hydroxylation is 1. The molecule has 1 fully saturated rings. The van der Waals surface area contributed by atoms with Gasteiger partial charge in [0.2, 0.25) is 0 Å². The molecular weight excluding hydrogens is 438 g/mol. The third-order valence-corrected chi connectivity index (χ3v) is 6.53. The lowest BCUT2D eigenvalue weighted by Gasteiger charge is -2.28. The van der Waals surface area contributed by atoms with E-state index in [0.29, 0.717) is 24.9 Å². The van der Waals surface area contributed by atoms with Gasteiger partial charge in [0.25, 0.3) is 5.91 Å².